The number of aromatic nitrogens is 3. The largest absolute Gasteiger partial charge is 0.485 e. The van der Waals surface area contributed by atoms with Gasteiger partial charge in [-0.1, -0.05) is 53.7 Å². The van der Waals surface area contributed by atoms with Crippen LogP contribution < -0.4 is 10.1 Å². The highest BCUT2D eigenvalue weighted by Crippen LogP contribution is 2.36. The van der Waals surface area contributed by atoms with Gasteiger partial charge in [0.15, 0.2) is 11.0 Å². The SMILES string of the molecule is CCn1c(COc2ccccc2C)nnc1SCC(=O)Nc1scc(-c2ccc(Cl)cc2)c1C(=O)OC. The van der Waals surface area contributed by atoms with Gasteiger partial charge in [0, 0.05) is 22.5 Å². The van der Waals surface area contributed by atoms with Crippen molar-refractivity contribution >= 4 is 51.6 Å². The Balaban J connectivity index is 1.43. The Hall–Kier alpha value is -3.34. The van der Waals surface area contributed by atoms with Crippen molar-refractivity contribution in [1.29, 1.82) is 0 Å². The Labute approximate surface area is 228 Å². The predicted octanol–water partition coefficient (Wildman–Crippen LogP) is 6.08. The molecule has 0 aliphatic carbocycles. The summed E-state index contributed by atoms with van der Waals surface area (Å²) in [4.78, 5) is 25.4. The van der Waals surface area contributed by atoms with E-state index >= 15 is 0 Å². The van der Waals surface area contributed by atoms with Crippen molar-refractivity contribution in [2.45, 2.75) is 32.2 Å². The molecule has 0 saturated heterocycles. The molecule has 8 nitrogen and oxygen atoms in total. The Morgan fingerprint density at radius 1 is 1.14 bits per heavy atom. The molecule has 0 atom stereocenters. The molecule has 0 spiro atoms. The van der Waals surface area contributed by atoms with Gasteiger partial charge < -0.3 is 19.4 Å². The molecular formula is C26H25ClN4O4S2. The van der Waals surface area contributed by atoms with E-state index in [0.29, 0.717) is 38.7 Å². The number of amides is 1. The standard InChI is InChI=1S/C26H25ClN4O4S2/c1-4-31-21(13-35-20-8-6-5-7-16(20)2)29-30-26(31)37-15-22(32)28-24-23(25(33)34-3)19(14-36-24)17-9-11-18(27)12-10-17/h5-12,14H,4,13,15H2,1-3H3,(H,28,32). The molecule has 0 radical (unpaired) electrons. The summed E-state index contributed by atoms with van der Waals surface area (Å²) in [6, 6.07) is 14.9. The maximum atomic E-state index is 12.8. The third-order valence-electron chi connectivity index (χ3n) is 5.48. The van der Waals surface area contributed by atoms with Gasteiger partial charge in [0.2, 0.25) is 5.91 Å². The second-order valence-corrected chi connectivity index (χ2v) is 10.1. The number of aryl methyl sites for hydroxylation is 1. The molecule has 4 rings (SSSR count). The van der Waals surface area contributed by atoms with Gasteiger partial charge in [0.25, 0.3) is 0 Å². The van der Waals surface area contributed by atoms with E-state index in [1.165, 1.54) is 30.2 Å². The molecule has 37 heavy (non-hydrogen) atoms. The summed E-state index contributed by atoms with van der Waals surface area (Å²) >= 11 is 8.52. The monoisotopic (exact) mass is 556 g/mol. The summed E-state index contributed by atoms with van der Waals surface area (Å²) in [5.74, 6) is 0.747. The average molecular weight is 557 g/mol. The Bertz CT molecular complexity index is 1400. The molecule has 4 aromatic rings. The van der Waals surface area contributed by atoms with E-state index in [4.69, 9.17) is 21.1 Å². The zero-order valence-corrected chi connectivity index (χ0v) is 22.9. The lowest BCUT2D eigenvalue weighted by Crippen LogP contribution is -2.16. The number of carbonyl (C=O) groups excluding carboxylic acids is 2. The summed E-state index contributed by atoms with van der Waals surface area (Å²) in [5, 5.41) is 14.8. The van der Waals surface area contributed by atoms with Crippen molar-refractivity contribution in [3.8, 4) is 16.9 Å². The third-order valence-corrected chi connectivity index (χ3v) is 7.60. The first-order chi connectivity index (χ1) is 17.9. The number of ether oxygens (including phenoxy) is 2. The highest BCUT2D eigenvalue weighted by Gasteiger charge is 2.23. The number of hydrogen-bond donors (Lipinski definition) is 1. The van der Waals surface area contributed by atoms with Crippen molar-refractivity contribution in [1.82, 2.24) is 14.8 Å². The molecule has 0 aliphatic rings. The maximum absolute atomic E-state index is 12.8. The molecular weight excluding hydrogens is 532 g/mol. The zero-order chi connectivity index (χ0) is 26.4. The maximum Gasteiger partial charge on any atom is 0.341 e. The summed E-state index contributed by atoms with van der Waals surface area (Å²) in [6.07, 6.45) is 0. The molecule has 2 heterocycles. The molecule has 192 valence electrons. The predicted molar refractivity (Wildman–Crippen MR) is 147 cm³/mol. The lowest BCUT2D eigenvalue weighted by molar-refractivity contribution is -0.113. The van der Waals surface area contributed by atoms with Crippen LogP contribution in [0.25, 0.3) is 11.1 Å². The van der Waals surface area contributed by atoms with Crippen molar-refractivity contribution in [3.63, 3.8) is 0 Å². The second-order valence-electron chi connectivity index (χ2n) is 7.89. The van der Waals surface area contributed by atoms with Crippen molar-refractivity contribution in [3.05, 3.63) is 75.9 Å². The van der Waals surface area contributed by atoms with Crippen LogP contribution in [0.1, 0.15) is 28.7 Å². The molecule has 0 saturated carbocycles. The number of hydrogen-bond acceptors (Lipinski definition) is 8. The van der Waals surface area contributed by atoms with Crippen molar-refractivity contribution < 1.29 is 19.1 Å². The number of benzene rings is 2. The van der Waals surface area contributed by atoms with Gasteiger partial charge >= 0.3 is 5.97 Å². The molecule has 11 heteroatoms. The Morgan fingerprint density at radius 3 is 2.59 bits per heavy atom. The molecule has 1 N–H and O–H groups in total. The van der Waals surface area contributed by atoms with Crippen LogP contribution in [0.3, 0.4) is 0 Å². The number of para-hydroxylation sites is 1. The van der Waals surface area contributed by atoms with E-state index in [0.717, 1.165) is 16.9 Å². The van der Waals surface area contributed by atoms with Crippen LogP contribution in [0.2, 0.25) is 5.02 Å². The lowest BCUT2D eigenvalue weighted by atomic mass is 10.0. The first kappa shape index (κ1) is 26.7. The number of nitrogens with zero attached hydrogens (tertiary/aromatic N) is 3. The first-order valence-corrected chi connectivity index (χ1v) is 13.6. The van der Waals surface area contributed by atoms with E-state index in [1.54, 1.807) is 12.1 Å². The molecule has 2 aromatic carbocycles. The molecule has 0 unspecified atom stereocenters. The van der Waals surface area contributed by atoms with Gasteiger partial charge in [0.1, 0.15) is 22.9 Å². The fraction of sp³-hybridized carbons (Fsp3) is 0.231. The van der Waals surface area contributed by atoms with Crippen LogP contribution in [-0.4, -0.2) is 39.5 Å². The van der Waals surface area contributed by atoms with E-state index in [2.05, 4.69) is 15.5 Å². The number of thioether (sulfide) groups is 1. The minimum absolute atomic E-state index is 0.0889. The van der Waals surface area contributed by atoms with E-state index in [-0.39, 0.29) is 18.3 Å². The smallest absolute Gasteiger partial charge is 0.341 e. The van der Waals surface area contributed by atoms with Gasteiger partial charge in [-0.05, 0) is 43.2 Å². The summed E-state index contributed by atoms with van der Waals surface area (Å²) in [5.41, 5.74) is 2.81. The molecule has 0 fully saturated rings. The van der Waals surface area contributed by atoms with Crippen LogP contribution in [0.5, 0.6) is 5.75 Å². The van der Waals surface area contributed by atoms with Crippen LogP contribution in [0.4, 0.5) is 5.00 Å². The van der Waals surface area contributed by atoms with Crippen molar-refractivity contribution in [2.75, 3.05) is 18.2 Å². The number of methoxy groups -OCH3 is 1. The summed E-state index contributed by atoms with van der Waals surface area (Å²) < 4.78 is 12.8. The zero-order valence-electron chi connectivity index (χ0n) is 20.5. The van der Waals surface area contributed by atoms with Gasteiger partial charge in [-0.2, -0.15) is 0 Å². The number of anilines is 1. The summed E-state index contributed by atoms with van der Waals surface area (Å²) in [7, 11) is 1.31. The number of carbonyl (C=O) groups is 2. The fourth-order valence-corrected chi connectivity index (χ4v) is 5.52. The van der Waals surface area contributed by atoms with Gasteiger partial charge in [0.05, 0.1) is 12.9 Å². The number of rotatable bonds is 10. The minimum Gasteiger partial charge on any atom is -0.485 e. The third kappa shape index (κ3) is 6.33. The van der Waals surface area contributed by atoms with Gasteiger partial charge in [-0.3, -0.25) is 4.79 Å². The highest BCUT2D eigenvalue weighted by atomic mass is 35.5. The first-order valence-electron chi connectivity index (χ1n) is 11.4. The molecule has 0 bridgehead atoms. The quantitative estimate of drug-likeness (QED) is 0.187. The molecule has 2 aromatic heterocycles. The van der Waals surface area contributed by atoms with E-state index in [9.17, 15) is 9.59 Å². The van der Waals surface area contributed by atoms with E-state index < -0.39 is 5.97 Å². The van der Waals surface area contributed by atoms with Crippen LogP contribution in [-0.2, 0) is 22.7 Å². The number of nitrogens with one attached hydrogen (secondary N) is 1. The normalized spacial score (nSPS) is 10.8. The Kier molecular flexibility index (Phi) is 8.86. The van der Waals surface area contributed by atoms with Crippen LogP contribution >= 0.6 is 34.7 Å². The van der Waals surface area contributed by atoms with E-state index in [1.807, 2.05) is 60.2 Å². The number of esters is 1. The Morgan fingerprint density at radius 2 is 1.89 bits per heavy atom. The van der Waals surface area contributed by atoms with Crippen LogP contribution in [0.15, 0.2) is 59.1 Å². The summed E-state index contributed by atoms with van der Waals surface area (Å²) in [6.45, 7) is 4.86. The number of halogens is 1. The molecule has 1 amide bonds. The van der Waals surface area contributed by atoms with Gasteiger partial charge in [-0.15, -0.1) is 21.5 Å². The lowest BCUT2D eigenvalue weighted by Gasteiger charge is -2.10. The van der Waals surface area contributed by atoms with Crippen molar-refractivity contribution in [2.24, 2.45) is 0 Å². The van der Waals surface area contributed by atoms with Gasteiger partial charge in [-0.25, -0.2) is 4.79 Å². The molecule has 0 aliphatic heterocycles. The highest BCUT2D eigenvalue weighted by molar-refractivity contribution is 7.99. The van der Waals surface area contributed by atoms with Crippen LogP contribution in [0, 0.1) is 6.92 Å². The second kappa shape index (κ2) is 12.3. The fourth-order valence-electron chi connectivity index (χ4n) is 3.60. The number of thiophene rings is 1. The topological polar surface area (TPSA) is 95.3 Å². The average Bonchev–Trinajstić information content (AvgIpc) is 3.50. The minimum atomic E-state index is -0.529.